The fourth-order valence-electron chi connectivity index (χ4n) is 2.27. The number of fused-ring (bicyclic) bond motifs is 3. The van der Waals surface area contributed by atoms with E-state index in [1.165, 1.54) is 18.2 Å². The Bertz CT molecular complexity index is 944. The van der Waals surface area contributed by atoms with Crippen LogP contribution in [0.25, 0.3) is 16.6 Å². The summed E-state index contributed by atoms with van der Waals surface area (Å²) in [5, 5.41) is 8.86. The lowest BCUT2D eigenvalue weighted by molar-refractivity contribution is 0.314. The van der Waals surface area contributed by atoms with Crippen molar-refractivity contribution in [1.29, 1.82) is 5.26 Å². The van der Waals surface area contributed by atoms with Gasteiger partial charge in [0.1, 0.15) is 5.82 Å². The lowest BCUT2D eigenvalue weighted by Gasteiger charge is -2.10. The molecular weight excluding hydrogens is 285 g/mol. The van der Waals surface area contributed by atoms with Crippen molar-refractivity contribution in [3.63, 3.8) is 0 Å². The van der Waals surface area contributed by atoms with Crippen molar-refractivity contribution in [1.82, 2.24) is 9.38 Å². The van der Waals surface area contributed by atoms with E-state index in [-0.39, 0.29) is 0 Å². The van der Waals surface area contributed by atoms with Gasteiger partial charge in [-0.2, -0.15) is 10.2 Å². The van der Waals surface area contributed by atoms with E-state index >= 15 is 0 Å². The van der Waals surface area contributed by atoms with Crippen LogP contribution < -0.4 is 10.3 Å². The average Bonchev–Trinajstić information content (AvgIpc) is 2.52. The summed E-state index contributed by atoms with van der Waals surface area (Å²) in [5.41, 5.74) is 0.350. The smallest absolute Gasteiger partial charge is 0.281 e. The van der Waals surface area contributed by atoms with Crippen LogP contribution in [0.5, 0.6) is 5.75 Å². The molecule has 2 heterocycles. The van der Waals surface area contributed by atoms with Crippen LogP contribution in [0.4, 0.5) is 4.39 Å². The van der Waals surface area contributed by atoms with Crippen molar-refractivity contribution in [3.05, 3.63) is 52.7 Å². The second-order valence-electron chi connectivity index (χ2n) is 4.75. The Labute approximate surface area is 125 Å². The van der Waals surface area contributed by atoms with Gasteiger partial charge in [-0.3, -0.25) is 9.20 Å². The number of rotatable bonds is 4. The zero-order valence-corrected chi connectivity index (χ0v) is 11.6. The fourth-order valence-corrected chi connectivity index (χ4v) is 2.27. The minimum absolute atomic E-state index is 0.336. The van der Waals surface area contributed by atoms with Crippen LogP contribution in [-0.4, -0.2) is 16.0 Å². The molecule has 3 aromatic rings. The van der Waals surface area contributed by atoms with Crippen molar-refractivity contribution in [3.8, 4) is 11.8 Å². The van der Waals surface area contributed by atoms with Crippen LogP contribution in [0.3, 0.4) is 0 Å². The molecule has 110 valence electrons. The summed E-state index contributed by atoms with van der Waals surface area (Å²) >= 11 is 0. The van der Waals surface area contributed by atoms with Gasteiger partial charge in [0.25, 0.3) is 5.56 Å². The van der Waals surface area contributed by atoms with E-state index in [4.69, 9.17) is 10.00 Å². The van der Waals surface area contributed by atoms with E-state index < -0.39 is 11.4 Å². The zero-order chi connectivity index (χ0) is 15.5. The highest BCUT2D eigenvalue weighted by Crippen LogP contribution is 2.21. The molecule has 0 atom stereocenters. The Balaban J connectivity index is 2.14. The first-order valence-electron chi connectivity index (χ1n) is 6.81. The molecule has 0 fully saturated rings. The minimum Gasteiger partial charge on any atom is -0.490 e. The van der Waals surface area contributed by atoms with Crippen molar-refractivity contribution >= 4 is 16.6 Å². The summed E-state index contributed by atoms with van der Waals surface area (Å²) in [4.78, 5) is 16.1. The summed E-state index contributed by atoms with van der Waals surface area (Å²) < 4.78 is 20.7. The largest absolute Gasteiger partial charge is 0.490 e. The third-order valence-electron chi connectivity index (χ3n) is 3.28. The first-order chi connectivity index (χ1) is 10.7. The van der Waals surface area contributed by atoms with Crippen molar-refractivity contribution in [2.45, 2.75) is 12.8 Å². The molecule has 0 bridgehead atoms. The van der Waals surface area contributed by atoms with Crippen LogP contribution in [0.2, 0.25) is 0 Å². The summed E-state index contributed by atoms with van der Waals surface area (Å²) in [6.45, 7) is 0.351. The van der Waals surface area contributed by atoms with Gasteiger partial charge in [0.05, 0.1) is 23.6 Å². The molecule has 0 aliphatic heterocycles. The number of nitrogens with zero attached hydrogens (tertiary/aromatic N) is 3. The van der Waals surface area contributed by atoms with Crippen molar-refractivity contribution in [2.24, 2.45) is 0 Å². The molecule has 3 rings (SSSR count). The molecule has 0 amide bonds. The molecule has 0 aliphatic carbocycles. The van der Waals surface area contributed by atoms with Crippen LogP contribution >= 0.6 is 0 Å². The molecule has 0 unspecified atom stereocenters. The molecule has 0 radical (unpaired) electrons. The number of pyridine rings is 1. The Morgan fingerprint density at radius 2 is 2.23 bits per heavy atom. The normalized spacial score (nSPS) is 10.7. The number of nitriles is 1. The molecule has 0 spiro atoms. The van der Waals surface area contributed by atoms with Crippen LogP contribution in [0.15, 0.2) is 41.3 Å². The van der Waals surface area contributed by atoms with Crippen LogP contribution in [0, 0.1) is 17.1 Å². The molecule has 2 aromatic heterocycles. The van der Waals surface area contributed by atoms with E-state index in [2.05, 4.69) is 4.98 Å². The van der Waals surface area contributed by atoms with Gasteiger partial charge in [0, 0.05) is 12.6 Å². The van der Waals surface area contributed by atoms with Crippen molar-refractivity contribution in [2.75, 3.05) is 6.61 Å². The highest BCUT2D eigenvalue weighted by Gasteiger charge is 2.10. The summed E-state index contributed by atoms with van der Waals surface area (Å²) in [6.07, 6.45) is 2.68. The van der Waals surface area contributed by atoms with Gasteiger partial charge < -0.3 is 4.74 Å². The average molecular weight is 297 g/mol. The van der Waals surface area contributed by atoms with Gasteiger partial charge in [0.2, 0.25) is 0 Å². The van der Waals surface area contributed by atoms with Gasteiger partial charge >= 0.3 is 0 Å². The monoisotopic (exact) mass is 297 g/mol. The van der Waals surface area contributed by atoms with Gasteiger partial charge in [0.15, 0.2) is 11.4 Å². The minimum atomic E-state index is -0.428. The molecule has 0 N–H and O–H groups in total. The van der Waals surface area contributed by atoms with E-state index in [1.54, 1.807) is 22.7 Å². The quantitative estimate of drug-likeness (QED) is 0.548. The number of hydrogen-bond donors (Lipinski definition) is 0. The number of aromatic nitrogens is 2. The molecule has 1 aromatic carbocycles. The standard InChI is InChI=1S/C16H12FN3O2/c17-11-5-6-12-13(10-11)20-8-3-4-14(15(20)19-16(12)21)22-9-2-1-7-18/h3-6,8,10H,1-2,9H2. The Morgan fingerprint density at radius 3 is 3.05 bits per heavy atom. The number of hydrogen-bond acceptors (Lipinski definition) is 4. The Hall–Kier alpha value is -2.94. The van der Waals surface area contributed by atoms with E-state index in [0.717, 1.165) is 0 Å². The number of halogens is 1. The lowest BCUT2D eigenvalue weighted by Crippen LogP contribution is -2.12. The highest BCUT2D eigenvalue weighted by atomic mass is 19.1. The molecule has 0 saturated heterocycles. The molecule has 5 nitrogen and oxygen atoms in total. The van der Waals surface area contributed by atoms with E-state index in [0.29, 0.717) is 41.7 Å². The summed E-state index contributed by atoms with van der Waals surface area (Å²) in [6, 6.07) is 9.43. The number of benzene rings is 1. The third kappa shape index (κ3) is 2.49. The fraction of sp³-hybridized carbons (Fsp3) is 0.188. The van der Waals surface area contributed by atoms with E-state index in [1.807, 2.05) is 6.07 Å². The van der Waals surface area contributed by atoms with Crippen LogP contribution in [-0.2, 0) is 0 Å². The second kappa shape index (κ2) is 5.82. The van der Waals surface area contributed by atoms with E-state index in [9.17, 15) is 9.18 Å². The Morgan fingerprint density at radius 1 is 1.36 bits per heavy atom. The SMILES string of the molecule is N#CCCCOc1cccn2c1nc(=O)c1ccc(F)cc12. The first-order valence-corrected chi connectivity index (χ1v) is 6.81. The van der Waals surface area contributed by atoms with Gasteiger partial charge in [-0.1, -0.05) is 0 Å². The van der Waals surface area contributed by atoms with Gasteiger partial charge in [-0.15, -0.1) is 0 Å². The molecule has 6 heteroatoms. The second-order valence-corrected chi connectivity index (χ2v) is 4.75. The maximum Gasteiger partial charge on any atom is 0.281 e. The molecule has 0 saturated carbocycles. The highest BCUT2D eigenvalue weighted by molar-refractivity contribution is 5.81. The molecule has 22 heavy (non-hydrogen) atoms. The predicted molar refractivity (Wildman–Crippen MR) is 79.3 cm³/mol. The first kappa shape index (κ1) is 14.0. The lowest BCUT2D eigenvalue weighted by atomic mass is 10.2. The molecule has 0 aliphatic rings. The topological polar surface area (TPSA) is 67.4 Å². The maximum absolute atomic E-state index is 13.5. The Kier molecular flexibility index (Phi) is 3.71. The van der Waals surface area contributed by atoms with Gasteiger partial charge in [-0.05, 0) is 36.8 Å². The number of unbranched alkanes of at least 4 members (excludes halogenated alkanes) is 1. The third-order valence-corrected chi connectivity index (χ3v) is 3.28. The summed E-state index contributed by atoms with van der Waals surface area (Å²) in [5.74, 6) is 0.0101. The summed E-state index contributed by atoms with van der Waals surface area (Å²) in [7, 11) is 0. The van der Waals surface area contributed by atoms with Crippen LogP contribution in [0.1, 0.15) is 12.8 Å². The predicted octanol–water partition coefficient (Wildman–Crippen LogP) is 2.67. The van der Waals surface area contributed by atoms with Crippen molar-refractivity contribution < 1.29 is 9.13 Å². The molecular formula is C16H12FN3O2. The zero-order valence-electron chi connectivity index (χ0n) is 11.6. The van der Waals surface area contributed by atoms with Gasteiger partial charge in [-0.25, -0.2) is 4.39 Å². The number of ether oxygens (including phenoxy) is 1. The maximum atomic E-state index is 13.5.